The maximum atomic E-state index is 8.44. The summed E-state index contributed by atoms with van der Waals surface area (Å²) in [7, 11) is 0. The first-order chi connectivity index (χ1) is 5.93. The molecule has 71 valence electrons. The van der Waals surface area contributed by atoms with Crippen molar-refractivity contribution in [2.24, 2.45) is 0 Å². The predicted molar refractivity (Wildman–Crippen MR) is 47.3 cm³/mol. The third-order valence-electron chi connectivity index (χ3n) is 2.16. The third kappa shape index (κ3) is 4.04. The van der Waals surface area contributed by atoms with Gasteiger partial charge < -0.3 is 9.84 Å². The number of nitrogens with zero attached hydrogens (tertiary/aromatic N) is 1. The number of aliphatic hydroxyl groups is 1. The maximum Gasteiger partial charge on any atom is 0.0799 e. The van der Waals surface area contributed by atoms with Crippen LogP contribution < -0.4 is 0 Å². The molecule has 1 fully saturated rings. The summed E-state index contributed by atoms with van der Waals surface area (Å²) in [5.74, 6) is 0. The summed E-state index contributed by atoms with van der Waals surface area (Å²) in [4.78, 5) is 2.42. The first kappa shape index (κ1) is 9.96. The second-order valence-corrected chi connectivity index (χ2v) is 3.13. The number of aliphatic hydroxyl groups excluding tert-OH is 1. The predicted octanol–water partition coefficient (Wildman–Crippen LogP) is 1.02. The van der Waals surface area contributed by atoms with Gasteiger partial charge in [-0.25, -0.2) is 0 Å². The van der Waals surface area contributed by atoms with Crippen molar-refractivity contribution in [1.29, 1.82) is 0 Å². The van der Waals surface area contributed by atoms with Crippen LogP contribution in [0.5, 0.6) is 0 Å². The van der Waals surface area contributed by atoms with E-state index < -0.39 is 0 Å². The lowest BCUT2D eigenvalue weighted by atomic mass is 10.2. The molecule has 1 saturated heterocycles. The van der Waals surface area contributed by atoms with Gasteiger partial charge in [-0.3, -0.25) is 4.90 Å². The van der Waals surface area contributed by atoms with Crippen molar-refractivity contribution in [2.45, 2.75) is 19.3 Å². The quantitative estimate of drug-likeness (QED) is 0.628. The number of morpholine rings is 1. The van der Waals surface area contributed by atoms with Crippen LogP contribution in [0, 0.1) is 6.61 Å². The van der Waals surface area contributed by atoms with Gasteiger partial charge in [-0.1, -0.05) is 0 Å². The monoisotopic (exact) mass is 172 g/mol. The average molecular weight is 172 g/mol. The van der Waals surface area contributed by atoms with Crippen LogP contribution in [-0.4, -0.2) is 42.9 Å². The Morgan fingerprint density at radius 1 is 1.25 bits per heavy atom. The molecule has 0 unspecified atom stereocenters. The van der Waals surface area contributed by atoms with Gasteiger partial charge in [0.25, 0.3) is 0 Å². The fourth-order valence-corrected chi connectivity index (χ4v) is 1.40. The minimum Gasteiger partial charge on any atom is -0.390 e. The number of hydrogen-bond acceptors (Lipinski definition) is 3. The highest BCUT2D eigenvalue weighted by atomic mass is 16.5. The Balaban J connectivity index is 1.91. The zero-order valence-electron chi connectivity index (χ0n) is 7.54. The van der Waals surface area contributed by atoms with Gasteiger partial charge in [0.15, 0.2) is 0 Å². The van der Waals surface area contributed by atoms with Crippen LogP contribution in [-0.2, 0) is 4.74 Å². The molecule has 1 aliphatic rings. The molecule has 0 aromatic rings. The van der Waals surface area contributed by atoms with Crippen LogP contribution in [0.3, 0.4) is 0 Å². The van der Waals surface area contributed by atoms with Gasteiger partial charge in [-0.2, -0.15) is 0 Å². The second kappa shape index (κ2) is 6.40. The smallest absolute Gasteiger partial charge is 0.0799 e. The fourth-order valence-electron chi connectivity index (χ4n) is 1.40. The van der Waals surface area contributed by atoms with Crippen LogP contribution in [0.4, 0.5) is 0 Å². The minimum atomic E-state index is 0.824. The van der Waals surface area contributed by atoms with Gasteiger partial charge in [0.1, 0.15) is 0 Å². The van der Waals surface area contributed by atoms with Gasteiger partial charge in [-0.15, -0.1) is 0 Å². The lowest BCUT2D eigenvalue weighted by Crippen LogP contribution is -2.36. The van der Waals surface area contributed by atoms with Gasteiger partial charge in [0.2, 0.25) is 0 Å². The second-order valence-electron chi connectivity index (χ2n) is 3.13. The van der Waals surface area contributed by atoms with Gasteiger partial charge >= 0.3 is 0 Å². The van der Waals surface area contributed by atoms with Crippen molar-refractivity contribution in [3.8, 4) is 0 Å². The Morgan fingerprint density at radius 2 is 2.00 bits per heavy atom. The molecule has 0 atom stereocenters. The highest BCUT2D eigenvalue weighted by molar-refractivity contribution is 4.62. The summed E-state index contributed by atoms with van der Waals surface area (Å²) in [6.07, 6.45) is 3.09. The molecule has 0 saturated carbocycles. The topological polar surface area (TPSA) is 32.7 Å². The Labute approximate surface area is 74.3 Å². The summed E-state index contributed by atoms with van der Waals surface area (Å²) in [5.41, 5.74) is 0. The van der Waals surface area contributed by atoms with E-state index in [0.29, 0.717) is 0 Å². The number of unbranched alkanes of at least 4 members (excludes halogenated alkanes) is 2. The van der Waals surface area contributed by atoms with Crippen LogP contribution >= 0.6 is 0 Å². The molecule has 0 spiro atoms. The Kier molecular flexibility index (Phi) is 5.32. The summed E-state index contributed by atoms with van der Waals surface area (Å²) < 4.78 is 5.24. The number of rotatable bonds is 5. The van der Waals surface area contributed by atoms with Gasteiger partial charge in [-0.05, 0) is 25.8 Å². The fraction of sp³-hybridized carbons (Fsp3) is 0.889. The molecule has 3 nitrogen and oxygen atoms in total. The van der Waals surface area contributed by atoms with Crippen molar-refractivity contribution in [3.05, 3.63) is 6.61 Å². The molecule has 1 rings (SSSR count). The van der Waals surface area contributed by atoms with Crippen LogP contribution in [0.1, 0.15) is 19.3 Å². The Morgan fingerprint density at radius 3 is 2.67 bits per heavy atom. The van der Waals surface area contributed by atoms with Crippen LogP contribution in [0.2, 0.25) is 0 Å². The van der Waals surface area contributed by atoms with E-state index in [1.807, 2.05) is 0 Å². The van der Waals surface area contributed by atoms with Crippen LogP contribution in [0.25, 0.3) is 0 Å². The third-order valence-corrected chi connectivity index (χ3v) is 2.16. The van der Waals surface area contributed by atoms with Gasteiger partial charge in [0, 0.05) is 13.1 Å². The summed E-state index contributed by atoms with van der Waals surface area (Å²) >= 11 is 0. The molecule has 0 aliphatic carbocycles. The number of ether oxygens (including phenoxy) is 1. The van der Waals surface area contributed by atoms with Gasteiger partial charge in [0.05, 0.1) is 19.8 Å². The lowest BCUT2D eigenvalue weighted by Gasteiger charge is -2.26. The van der Waals surface area contributed by atoms with Crippen molar-refractivity contribution in [1.82, 2.24) is 4.90 Å². The van der Waals surface area contributed by atoms with Crippen LogP contribution in [0.15, 0.2) is 0 Å². The first-order valence-electron chi connectivity index (χ1n) is 4.69. The largest absolute Gasteiger partial charge is 0.390 e. The van der Waals surface area contributed by atoms with Crippen molar-refractivity contribution >= 4 is 0 Å². The van der Waals surface area contributed by atoms with E-state index in [2.05, 4.69) is 4.90 Å². The molecule has 1 radical (unpaired) electrons. The molecule has 0 aromatic heterocycles. The van der Waals surface area contributed by atoms with E-state index in [0.717, 1.165) is 45.7 Å². The van der Waals surface area contributed by atoms with Crippen molar-refractivity contribution in [3.63, 3.8) is 0 Å². The molecule has 0 aromatic carbocycles. The lowest BCUT2D eigenvalue weighted by molar-refractivity contribution is 0.0371. The standard InChI is InChI=1S/C9H18NO2/c11-7-3-1-2-4-10-5-8-12-9-6-10/h7,11H,1-6,8-9H2. The summed E-state index contributed by atoms with van der Waals surface area (Å²) in [6.45, 7) is 6.31. The first-order valence-corrected chi connectivity index (χ1v) is 4.69. The molecule has 3 heteroatoms. The Bertz CT molecular complexity index is 103. The minimum absolute atomic E-state index is 0.824. The molecule has 12 heavy (non-hydrogen) atoms. The van der Waals surface area contributed by atoms with E-state index in [4.69, 9.17) is 9.84 Å². The normalized spacial score (nSPS) is 19.8. The Hall–Kier alpha value is -0.120. The molecule has 1 N–H and O–H groups in total. The summed E-state index contributed by atoms with van der Waals surface area (Å²) in [6, 6.07) is 0. The van der Waals surface area contributed by atoms with E-state index >= 15 is 0 Å². The molecule has 1 heterocycles. The maximum absolute atomic E-state index is 8.44. The molecular weight excluding hydrogens is 154 g/mol. The van der Waals surface area contributed by atoms with Crippen molar-refractivity contribution < 1.29 is 9.84 Å². The van der Waals surface area contributed by atoms with E-state index in [1.165, 1.54) is 13.0 Å². The zero-order valence-corrected chi connectivity index (χ0v) is 7.54. The van der Waals surface area contributed by atoms with E-state index in [-0.39, 0.29) is 0 Å². The zero-order chi connectivity index (χ0) is 8.65. The molecule has 0 amide bonds. The van der Waals surface area contributed by atoms with E-state index in [1.54, 1.807) is 0 Å². The highest BCUT2D eigenvalue weighted by Gasteiger charge is 2.08. The van der Waals surface area contributed by atoms with Crippen molar-refractivity contribution in [2.75, 3.05) is 32.8 Å². The molecule has 1 aliphatic heterocycles. The SMILES string of the molecule is O[CH]CCCCN1CCOCC1. The van der Waals surface area contributed by atoms with E-state index in [9.17, 15) is 0 Å². The summed E-state index contributed by atoms with van der Waals surface area (Å²) in [5, 5.41) is 8.44. The number of hydrogen-bond donors (Lipinski definition) is 1. The molecule has 0 bridgehead atoms. The average Bonchev–Trinajstić information content (AvgIpc) is 2.14. The molecular formula is C9H18NO2. The highest BCUT2D eigenvalue weighted by Crippen LogP contribution is 2.02.